The third-order valence-electron chi connectivity index (χ3n) is 6.63. The van der Waals surface area contributed by atoms with Gasteiger partial charge in [0, 0.05) is 30.3 Å². The van der Waals surface area contributed by atoms with Crippen LogP contribution in [0.3, 0.4) is 0 Å². The number of nitrogens with zero attached hydrogens (tertiary/aromatic N) is 2. The molecule has 0 saturated carbocycles. The number of aromatic nitrogens is 1. The molecule has 2 aliphatic rings. The molecule has 2 aromatic carbocycles. The lowest BCUT2D eigenvalue weighted by molar-refractivity contribution is -0.136. The minimum atomic E-state index is -0.804. The van der Waals surface area contributed by atoms with Gasteiger partial charge in [-0.05, 0) is 50.1 Å². The van der Waals surface area contributed by atoms with Gasteiger partial charge in [-0.2, -0.15) is 0 Å². The molecule has 3 heterocycles. The second-order valence-corrected chi connectivity index (χ2v) is 10.7. The highest BCUT2D eigenvalue weighted by molar-refractivity contribution is 7.18. The molecule has 5 amide bonds. The Hall–Kier alpha value is -4.19. The van der Waals surface area contributed by atoms with E-state index in [4.69, 9.17) is 14.5 Å². The number of amides is 5. The van der Waals surface area contributed by atoms with E-state index in [2.05, 4.69) is 16.0 Å². The number of urea groups is 1. The fourth-order valence-electron chi connectivity index (χ4n) is 4.67. The minimum absolute atomic E-state index is 0.189. The summed E-state index contributed by atoms with van der Waals surface area (Å²) in [6.45, 7) is 3.93. The maximum absolute atomic E-state index is 12.9. The molecule has 198 valence electrons. The van der Waals surface area contributed by atoms with Crippen LogP contribution in [0.1, 0.15) is 47.6 Å². The van der Waals surface area contributed by atoms with Crippen LogP contribution in [-0.4, -0.2) is 53.9 Å². The van der Waals surface area contributed by atoms with Crippen LogP contribution >= 0.6 is 11.3 Å². The Morgan fingerprint density at radius 3 is 2.66 bits per heavy atom. The molecule has 38 heavy (non-hydrogen) atoms. The summed E-state index contributed by atoms with van der Waals surface area (Å²) in [7, 11) is 3.15. The molecule has 0 aliphatic carbocycles. The van der Waals surface area contributed by atoms with Crippen molar-refractivity contribution in [2.75, 3.05) is 19.5 Å². The first-order valence-electron chi connectivity index (χ1n) is 12.0. The average molecular weight is 538 g/mol. The zero-order valence-corrected chi connectivity index (χ0v) is 22.2. The molecule has 3 aromatic rings. The lowest BCUT2D eigenvalue weighted by Gasteiger charge is -2.29. The van der Waals surface area contributed by atoms with Crippen molar-refractivity contribution in [3.63, 3.8) is 0 Å². The van der Waals surface area contributed by atoms with E-state index >= 15 is 0 Å². The number of hydrogen-bond acceptors (Lipinski definition) is 8. The Morgan fingerprint density at radius 1 is 1.16 bits per heavy atom. The van der Waals surface area contributed by atoms with E-state index in [0.29, 0.717) is 38.8 Å². The van der Waals surface area contributed by atoms with Gasteiger partial charge in [0.1, 0.15) is 28.1 Å². The average Bonchev–Trinajstić information content (AvgIpc) is 3.45. The number of thiazole rings is 1. The van der Waals surface area contributed by atoms with E-state index in [-0.39, 0.29) is 31.2 Å². The number of hydrogen-bond donors (Lipinski definition) is 3. The van der Waals surface area contributed by atoms with Crippen molar-refractivity contribution in [3.8, 4) is 11.5 Å². The van der Waals surface area contributed by atoms with Gasteiger partial charge in [0.15, 0.2) is 0 Å². The number of imide groups is 1. The topological polar surface area (TPSA) is 139 Å². The lowest BCUT2D eigenvalue weighted by Crippen LogP contribution is -2.52. The van der Waals surface area contributed by atoms with Gasteiger partial charge in [-0.3, -0.25) is 19.7 Å². The number of ether oxygens (including phenoxy) is 2. The van der Waals surface area contributed by atoms with Crippen molar-refractivity contribution >= 4 is 51.0 Å². The summed E-state index contributed by atoms with van der Waals surface area (Å²) in [6, 6.07) is 7.51. The molecule has 0 bridgehead atoms. The molecule has 5 rings (SSSR count). The molecule has 1 aromatic heterocycles. The normalized spacial score (nSPS) is 17.3. The van der Waals surface area contributed by atoms with E-state index < -0.39 is 23.5 Å². The Bertz CT molecular complexity index is 1480. The van der Waals surface area contributed by atoms with Gasteiger partial charge in [0.05, 0.1) is 24.5 Å². The summed E-state index contributed by atoms with van der Waals surface area (Å²) in [6.07, 6.45) is 0.478. The first kappa shape index (κ1) is 25.5. The molecule has 1 fully saturated rings. The number of anilines is 1. The lowest BCUT2D eigenvalue weighted by atomic mass is 10.0. The number of methoxy groups -OCH3 is 2. The third-order valence-corrected chi connectivity index (χ3v) is 7.96. The maximum atomic E-state index is 12.9. The fourth-order valence-corrected chi connectivity index (χ4v) is 5.74. The molecule has 0 spiro atoms. The van der Waals surface area contributed by atoms with E-state index in [1.54, 1.807) is 38.5 Å². The molecule has 1 atom stereocenters. The molecule has 3 N–H and O–H groups in total. The maximum Gasteiger partial charge on any atom is 0.319 e. The van der Waals surface area contributed by atoms with Crippen LogP contribution in [-0.2, 0) is 21.7 Å². The number of fused-ring (bicyclic) bond motifs is 2. The predicted molar refractivity (Wildman–Crippen MR) is 140 cm³/mol. The summed E-state index contributed by atoms with van der Waals surface area (Å²) in [5.74, 6) is 0.170. The number of carbonyl (C=O) groups is 4. The molecule has 12 heteroatoms. The first-order chi connectivity index (χ1) is 18.1. The van der Waals surface area contributed by atoms with Crippen molar-refractivity contribution in [1.82, 2.24) is 20.5 Å². The number of nitrogens with one attached hydrogen (secondary N) is 3. The zero-order valence-electron chi connectivity index (χ0n) is 21.3. The van der Waals surface area contributed by atoms with Crippen molar-refractivity contribution in [2.45, 2.75) is 44.8 Å². The SMILES string of the molecule is COc1cc(OC)c2nc(C(C)(C)NC(=O)Nc3ccc4c(c3)CN(C3CCC(=O)NC3=O)C4=O)sc2c1. The first-order valence-corrected chi connectivity index (χ1v) is 12.8. The predicted octanol–water partition coefficient (Wildman–Crippen LogP) is 3.13. The van der Waals surface area contributed by atoms with E-state index in [1.807, 2.05) is 19.9 Å². The van der Waals surface area contributed by atoms with Crippen LogP contribution in [0, 0.1) is 0 Å². The monoisotopic (exact) mass is 537 g/mol. The number of carbonyl (C=O) groups excluding carboxylic acids is 4. The Balaban J connectivity index is 1.29. The zero-order chi connectivity index (χ0) is 27.2. The van der Waals surface area contributed by atoms with Crippen molar-refractivity contribution in [1.29, 1.82) is 0 Å². The molecular weight excluding hydrogens is 510 g/mol. The smallest absolute Gasteiger partial charge is 0.319 e. The van der Waals surface area contributed by atoms with Crippen LogP contribution in [0.4, 0.5) is 10.5 Å². The van der Waals surface area contributed by atoms with Crippen LogP contribution in [0.5, 0.6) is 11.5 Å². The van der Waals surface area contributed by atoms with Gasteiger partial charge >= 0.3 is 6.03 Å². The van der Waals surface area contributed by atoms with E-state index in [9.17, 15) is 19.2 Å². The number of piperidine rings is 1. The second kappa shape index (κ2) is 9.60. The summed E-state index contributed by atoms with van der Waals surface area (Å²) in [4.78, 5) is 55.8. The molecule has 0 radical (unpaired) electrons. The fraction of sp³-hybridized carbons (Fsp3) is 0.346. The number of benzene rings is 2. The largest absolute Gasteiger partial charge is 0.497 e. The molecular formula is C26H27N5O6S. The Labute approximate surface area is 222 Å². The summed E-state index contributed by atoms with van der Waals surface area (Å²) in [5.41, 5.74) is 1.56. The Morgan fingerprint density at radius 2 is 1.95 bits per heavy atom. The van der Waals surface area contributed by atoms with Gasteiger partial charge in [-0.25, -0.2) is 9.78 Å². The quantitative estimate of drug-likeness (QED) is 0.411. The van der Waals surface area contributed by atoms with Gasteiger partial charge in [-0.1, -0.05) is 0 Å². The van der Waals surface area contributed by atoms with Gasteiger partial charge in [-0.15, -0.1) is 11.3 Å². The second-order valence-electron chi connectivity index (χ2n) is 9.67. The molecule has 1 saturated heterocycles. The molecule has 2 aliphatic heterocycles. The van der Waals surface area contributed by atoms with Crippen LogP contribution < -0.4 is 25.4 Å². The highest BCUT2D eigenvalue weighted by atomic mass is 32.1. The summed E-state index contributed by atoms with van der Waals surface area (Å²) >= 11 is 1.43. The standard InChI is InChI=1S/C26H27N5O6S/c1-26(2,24-29-21-18(37-4)10-15(36-3)11-19(21)38-24)30-25(35)27-14-5-6-16-13(9-14)12-31(23(16)34)17-7-8-20(32)28-22(17)33/h5-6,9-11,17H,7-8,12H2,1-4H3,(H2,27,30,35)(H,28,32,33). The highest BCUT2D eigenvalue weighted by Gasteiger charge is 2.39. The Kier molecular flexibility index (Phi) is 6.43. The van der Waals surface area contributed by atoms with Gasteiger partial charge < -0.3 is 25.0 Å². The van der Waals surface area contributed by atoms with Crippen LogP contribution in [0.2, 0.25) is 0 Å². The number of rotatable bonds is 6. The molecule has 11 nitrogen and oxygen atoms in total. The van der Waals surface area contributed by atoms with Crippen molar-refractivity contribution in [3.05, 3.63) is 46.5 Å². The summed E-state index contributed by atoms with van der Waals surface area (Å²) in [5, 5.41) is 8.76. The minimum Gasteiger partial charge on any atom is -0.497 e. The summed E-state index contributed by atoms with van der Waals surface area (Å²) < 4.78 is 11.7. The third kappa shape index (κ3) is 4.62. The highest BCUT2D eigenvalue weighted by Crippen LogP contribution is 2.37. The molecule has 1 unspecified atom stereocenters. The van der Waals surface area contributed by atoms with Gasteiger partial charge in [0.25, 0.3) is 5.91 Å². The van der Waals surface area contributed by atoms with E-state index in [0.717, 1.165) is 4.70 Å². The van der Waals surface area contributed by atoms with E-state index in [1.165, 1.54) is 16.2 Å². The van der Waals surface area contributed by atoms with Crippen molar-refractivity contribution in [2.24, 2.45) is 0 Å². The van der Waals surface area contributed by atoms with Gasteiger partial charge in [0.2, 0.25) is 11.8 Å². The van der Waals surface area contributed by atoms with Crippen molar-refractivity contribution < 1.29 is 28.7 Å². The van der Waals surface area contributed by atoms with Crippen LogP contribution in [0.15, 0.2) is 30.3 Å². The van der Waals surface area contributed by atoms with Crippen LogP contribution in [0.25, 0.3) is 10.2 Å².